The van der Waals surface area contributed by atoms with Crippen molar-refractivity contribution >= 4 is 16.9 Å². The zero-order valence-electron chi connectivity index (χ0n) is 17.6. The monoisotopic (exact) mass is 411 g/mol. The fraction of sp³-hybridized carbons (Fsp3) is 0.208. The van der Waals surface area contributed by atoms with Crippen LogP contribution in [0.5, 0.6) is 0 Å². The first-order valence-corrected chi connectivity index (χ1v) is 10.0. The van der Waals surface area contributed by atoms with Gasteiger partial charge in [-0.05, 0) is 36.6 Å². The normalized spacial score (nSPS) is 10.9. The predicted molar refractivity (Wildman–Crippen MR) is 119 cm³/mol. The Morgan fingerprint density at radius 1 is 1.13 bits per heavy atom. The van der Waals surface area contributed by atoms with E-state index < -0.39 is 4.92 Å². The molecular weight excluding hydrogens is 390 g/mol. The molecule has 0 aliphatic heterocycles. The van der Waals surface area contributed by atoms with Crippen LogP contribution in [0.2, 0.25) is 0 Å². The molecule has 0 unspecified atom stereocenters. The third kappa shape index (κ3) is 3.64. The van der Waals surface area contributed by atoms with E-state index >= 15 is 0 Å². The average Bonchev–Trinajstić information content (AvgIpc) is 3.11. The number of rotatable bonds is 5. The number of nitro benzene ring substituents is 1. The van der Waals surface area contributed by atoms with Crippen molar-refractivity contribution in [3.63, 3.8) is 0 Å². The molecule has 0 amide bonds. The second-order valence-electron chi connectivity index (χ2n) is 7.49. The van der Waals surface area contributed by atoms with Gasteiger partial charge in [-0.15, -0.1) is 0 Å². The molecule has 7 heteroatoms. The van der Waals surface area contributed by atoms with Gasteiger partial charge in [0.05, 0.1) is 11.5 Å². The molecule has 0 bridgehead atoms. The minimum atomic E-state index is -0.524. The fourth-order valence-corrected chi connectivity index (χ4v) is 3.91. The largest absolute Gasteiger partial charge is 0.308 e. The zero-order chi connectivity index (χ0) is 22.1. The molecule has 2 aromatic heterocycles. The van der Waals surface area contributed by atoms with Gasteiger partial charge in [0.1, 0.15) is 23.0 Å². The Morgan fingerprint density at radius 2 is 1.87 bits per heavy atom. The third-order valence-corrected chi connectivity index (χ3v) is 5.37. The number of pyridine rings is 1. The van der Waals surface area contributed by atoms with E-state index in [9.17, 15) is 15.4 Å². The summed E-state index contributed by atoms with van der Waals surface area (Å²) in [5.41, 5.74) is 6.14. The van der Waals surface area contributed by atoms with E-state index in [1.807, 2.05) is 43.3 Å². The Labute approximate surface area is 179 Å². The number of fused-ring (bicyclic) bond motifs is 1. The molecule has 4 rings (SSSR count). The number of benzene rings is 2. The standard InChI is InChI=1S/C24H21N5O2/c1-4-22-27-23-15(2)12-16(3)26-24(23)28(22)14-17-8-10-18(11-9-17)19-6-5-7-21(29(30)31)20(19)13-25/h5-12H,4,14H2,1-3H3. The van der Waals surface area contributed by atoms with E-state index in [0.29, 0.717) is 12.1 Å². The van der Waals surface area contributed by atoms with E-state index in [1.54, 1.807) is 12.1 Å². The molecule has 0 saturated carbocycles. The van der Waals surface area contributed by atoms with Gasteiger partial charge in [0, 0.05) is 23.7 Å². The third-order valence-electron chi connectivity index (χ3n) is 5.37. The first-order chi connectivity index (χ1) is 14.9. The van der Waals surface area contributed by atoms with Gasteiger partial charge in [0.25, 0.3) is 5.69 Å². The van der Waals surface area contributed by atoms with Gasteiger partial charge in [0.2, 0.25) is 0 Å². The van der Waals surface area contributed by atoms with Crippen molar-refractivity contribution in [3.8, 4) is 17.2 Å². The van der Waals surface area contributed by atoms with Crippen molar-refractivity contribution in [3.05, 3.63) is 86.9 Å². The minimum Gasteiger partial charge on any atom is -0.308 e. The smallest absolute Gasteiger partial charge is 0.287 e. The number of aryl methyl sites for hydroxylation is 3. The second kappa shape index (κ2) is 8.00. The second-order valence-corrected chi connectivity index (χ2v) is 7.49. The highest BCUT2D eigenvalue weighted by Crippen LogP contribution is 2.30. The number of aromatic nitrogens is 3. The van der Waals surface area contributed by atoms with Crippen LogP contribution in [0.1, 0.15) is 35.1 Å². The van der Waals surface area contributed by atoms with Crippen molar-refractivity contribution in [2.75, 3.05) is 0 Å². The topological polar surface area (TPSA) is 97.6 Å². The summed E-state index contributed by atoms with van der Waals surface area (Å²) in [6.07, 6.45) is 0.798. The van der Waals surface area contributed by atoms with Crippen molar-refractivity contribution in [2.24, 2.45) is 0 Å². The Kier molecular flexibility index (Phi) is 5.22. The Morgan fingerprint density at radius 3 is 2.52 bits per heavy atom. The van der Waals surface area contributed by atoms with E-state index in [2.05, 4.69) is 18.4 Å². The molecule has 0 saturated heterocycles. The lowest BCUT2D eigenvalue weighted by atomic mass is 9.98. The summed E-state index contributed by atoms with van der Waals surface area (Å²) in [4.78, 5) is 20.2. The number of nitriles is 1. The molecule has 31 heavy (non-hydrogen) atoms. The molecule has 0 aliphatic carbocycles. The summed E-state index contributed by atoms with van der Waals surface area (Å²) in [5.74, 6) is 0.978. The average molecular weight is 411 g/mol. The van der Waals surface area contributed by atoms with E-state index in [1.165, 1.54) is 6.07 Å². The van der Waals surface area contributed by atoms with Crippen LogP contribution in [0.25, 0.3) is 22.3 Å². The van der Waals surface area contributed by atoms with Crippen LogP contribution in [-0.2, 0) is 13.0 Å². The van der Waals surface area contributed by atoms with Crippen molar-refractivity contribution in [2.45, 2.75) is 33.7 Å². The van der Waals surface area contributed by atoms with Gasteiger partial charge in [0.15, 0.2) is 5.65 Å². The number of nitro groups is 1. The van der Waals surface area contributed by atoms with Crippen LogP contribution in [0.15, 0.2) is 48.5 Å². The maximum Gasteiger partial charge on any atom is 0.287 e. The molecule has 0 fully saturated rings. The predicted octanol–water partition coefficient (Wildman–Crippen LogP) is 5.11. The molecule has 2 heterocycles. The molecule has 0 spiro atoms. The molecule has 0 N–H and O–H groups in total. The van der Waals surface area contributed by atoms with Crippen LogP contribution in [-0.4, -0.2) is 19.5 Å². The number of imidazole rings is 1. The lowest BCUT2D eigenvalue weighted by Gasteiger charge is -2.10. The van der Waals surface area contributed by atoms with Crippen LogP contribution in [0, 0.1) is 35.3 Å². The molecular formula is C24H21N5O2. The van der Waals surface area contributed by atoms with Crippen molar-refractivity contribution in [1.29, 1.82) is 5.26 Å². The number of nitrogens with zero attached hydrogens (tertiary/aromatic N) is 5. The first-order valence-electron chi connectivity index (χ1n) is 10.0. The van der Waals surface area contributed by atoms with Gasteiger partial charge in [-0.3, -0.25) is 10.1 Å². The maximum atomic E-state index is 11.3. The lowest BCUT2D eigenvalue weighted by Crippen LogP contribution is -2.05. The Bertz CT molecular complexity index is 1350. The van der Waals surface area contributed by atoms with Gasteiger partial charge in [-0.2, -0.15) is 5.26 Å². The lowest BCUT2D eigenvalue weighted by molar-refractivity contribution is -0.385. The molecule has 0 aliphatic rings. The van der Waals surface area contributed by atoms with E-state index in [-0.39, 0.29) is 11.3 Å². The minimum absolute atomic E-state index is 0.0734. The van der Waals surface area contributed by atoms with Crippen LogP contribution < -0.4 is 0 Å². The first kappa shape index (κ1) is 20.2. The summed E-state index contributed by atoms with van der Waals surface area (Å²) in [5, 5.41) is 20.7. The van der Waals surface area contributed by atoms with Crippen LogP contribution in [0.3, 0.4) is 0 Å². The van der Waals surface area contributed by atoms with Crippen LogP contribution >= 0.6 is 0 Å². The van der Waals surface area contributed by atoms with Gasteiger partial charge in [-0.1, -0.05) is 43.3 Å². The highest BCUT2D eigenvalue weighted by atomic mass is 16.6. The summed E-state index contributed by atoms with van der Waals surface area (Å²) in [6.45, 7) is 6.73. The maximum absolute atomic E-state index is 11.3. The molecule has 7 nitrogen and oxygen atoms in total. The molecule has 2 aromatic carbocycles. The zero-order valence-corrected chi connectivity index (χ0v) is 17.6. The Hall–Kier alpha value is -4.05. The van der Waals surface area contributed by atoms with Gasteiger partial charge >= 0.3 is 0 Å². The van der Waals surface area contributed by atoms with Gasteiger partial charge < -0.3 is 4.57 Å². The molecule has 154 valence electrons. The van der Waals surface area contributed by atoms with Crippen molar-refractivity contribution < 1.29 is 4.92 Å². The van der Waals surface area contributed by atoms with E-state index in [4.69, 9.17) is 9.97 Å². The van der Waals surface area contributed by atoms with Gasteiger partial charge in [-0.25, -0.2) is 9.97 Å². The highest BCUT2D eigenvalue weighted by molar-refractivity contribution is 5.77. The number of hydrogen-bond acceptors (Lipinski definition) is 5. The SMILES string of the molecule is CCc1nc2c(C)cc(C)nc2n1Cc1ccc(-c2cccc([N+](=O)[O-])c2C#N)cc1. The summed E-state index contributed by atoms with van der Waals surface area (Å²) >= 11 is 0. The quantitative estimate of drug-likeness (QED) is 0.336. The van der Waals surface area contributed by atoms with Crippen molar-refractivity contribution in [1.82, 2.24) is 14.5 Å². The van der Waals surface area contributed by atoms with Crippen LogP contribution in [0.4, 0.5) is 5.69 Å². The van der Waals surface area contributed by atoms with E-state index in [0.717, 1.165) is 45.8 Å². The molecule has 0 radical (unpaired) electrons. The molecule has 0 atom stereocenters. The summed E-state index contributed by atoms with van der Waals surface area (Å²) < 4.78 is 2.14. The highest BCUT2D eigenvalue weighted by Gasteiger charge is 2.18. The summed E-state index contributed by atoms with van der Waals surface area (Å²) in [6, 6.07) is 16.4. The summed E-state index contributed by atoms with van der Waals surface area (Å²) in [7, 11) is 0. The fourth-order valence-electron chi connectivity index (χ4n) is 3.91. The molecule has 4 aromatic rings. The number of hydrogen-bond donors (Lipinski definition) is 0. The Balaban J connectivity index is 1.72.